The zero-order valence-corrected chi connectivity index (χ0v) is 15.8. The average Bonchev–Trinajstić information content (AvgIpc) is 3.01. The van der Waals surface area contributed by atoms with Gasteiger partial charge in [0, 0.05) is 31.6 Å². The van der Waals surface area contributed by atoms with E-state index in [4.69, 9.17) is 4.42 Å². The van der Waals surface area contributed by atoms with Crippen molar-refractivity contribution in [3.05, 3.63) is 11.8 Å². The minimum absolute atomic E-state index is 0.0244. The largest absolute Gasteiger partial charge is 0.423 e. The van der Waals surface area contributed by atoms with Gasteiger partial charge in [0.2, 0.25) is 23.6 Å². The first-order valence-electron chi connectivity index (χ1n) is 8.97. The van der Waals surface area contributed by atoms with Crippen molar-refractivity contribution < 1.29 is 14.0 Å². The number of hydrogen-bond acceptors (Lipinski definition) is 6. The minimum atomic E-state index is -0.434. The molecule has 1 aromatic heterocycles. The first-order valence-corrected chi connectivity index (χ1v) is 8.97. The van der Waals surface area contributed by atoms with E-state index in [1.807, 2.05) is 34.6 Å². The Morgan fingerprint density at radius 3 is 2.56 bits per heavy atom. The Kier molecular flexibility index (Phi) is 6.52. The highest BCUT2D eigenvalue weighted by molar-refractivity contribution is 5.89. The van der Waals surface area contributed by atoms with Crippen molar-refractivity contribution in [1.29, 1.82) is 0 Å². The Bertz CT molecular complexity index is 599. The quantitative estimate of drug-likeness (QED) is 0.787. The van der Waals surface area contributed by atoms with Crippen LogP contribution in [-0.4, -0.2) is 63.0 Å². The van der Waals surface area contributed by atoms with Gasteiger partial charge in [-0.25, -0.2) is 0 Å². The molecular weight excluding hydrogens is 322 g/mol. The number of piperazine rings is 1. The topological polar surface area (TPSA) is 91.6 Å². The molecule has 140 valence electrons. The van der Waals surface area contributed by atoms with Crippen LogP contribution in [-0.2, 0) is 22.6 Å². The smallest absolute Gasteiger partial charge is 0.237 e. The second-order valence-corrected chi connectivity index (χ2v) is 6.90. The van der Waals surface area contributed by atoms with E-state index in [1.165, 1.54) is 0 Å². The number of nitrogens with zero attached hydrogens (tertiary/aromatic N) is 4. The number of carbonyl (C=O) groups is 2. The molecule has 2 rings (SSSR count). The van der Waals surface area contributed by atoms with Gasteiger partial charge >= 0.3 is 0 Å². The monoisotopic (exact) mass is 351 g/mol. The van der Waals surface area contributed by atoms with Gasteiger partial charge in [-0.3, -0.25) is 14.5 Å². The van der Waals surface area contributed by atoms with E-state index in [-0.39, 0.29) is 36.9 Å². The van der Waals surface area contributed by atoms with Crippen LogP contribution in [0.25, 0.3) is 0 Å². The summed E-state index contributed by atoms with van der Waals surface area (Å²) in [5.74, 6) is 0.818. The molecule has 0 radical (unpaired) electrons. The second-order valence-electron chi connectivity index (χ2n) is 6.90. The third-order valence-corrected chi connectivity index (χ3v) is 4.46. The van der Waals surface area contributed by atoms with Gasteiger partial charge in [-0.1, -0.05) is 6.92 Å². The number of aromatic nitrogens is 2. The molecule has 1 aromatic rings. The van der Waals surface area contributed by atoms with Gasteiger partial charge in [-0.05, 0) is 27.7 Å². The third-order valence-electron chi connectivity index (χ3n) is 4.46. The summed E-state index contributed by atoms with van der Waals surface area (Å²) < 4.78 is 5.53. The first kappa shape index (κ1) is 19.4. The lowest BCUT2D eigenvalue weighted by Crippen LogP contribution is -2.58. The van der Waals surface area contributed by atoms with Crippen molar-refractivity contribution in [2.45, 2.75) is 72.1 Å². The van der Waals surface area contributed by atoms with Crippen LogP contribution < -0.4 is 5.32 Å². The molecular formula is C17H29N5O3. The Labute approximate surface area is 148 Å². The van der Waals surface area contributed by atoms with Gasteiger partial charge in [0.1, 0.15) is 0 Å². The van der Waals surface area contributed by atoms with Gasteiger partial charge < -0.3 is 14.6 Å². The van der Waals surface area contributed by atoms with Crippen LogP contribution in [0.3, 0.4) is 0 Å². The number of nitrogens with one attached hydrogen (secondary N) is 1. The normalized spacial score (nSPS) is 18.7. The standard InChI is InChI=1S/C17H29N5O3/c1-6-14-19-20-15(25-14)10-22(12(4)5)16(23)9-13-17(24)18-7-8-21(13)11(2)3/h11-13H,6-10H2,1-5H3,(H,18,24)/t13-/m1/s1. The summed E-state index contributed by atoms with van der Waals surface area (Å²) in [5, 5.41) is 10.8. The highest BCUT2D eigenvalue weighted by Gasteiger charge is 2.34. The van der Waals surface area contributed by atoms with Gasteiger partial charge in [0.25, 0.3) is 0 Å². The van der Waals surface area contributed by atoms with Crippen LogP contribution in [0.1, 0.15) is 52.8 Å². The van der Waals surface area contributed by atoms with Crippen molar-refractivity contribution in [3.63, 3.8) is 0 Å². The van der Waals surface area contributed by atoms with E-state index in [0.29, 0.717) is 24.7 Å². The number of amides is 2. The predicted molar refractivity (Wildman–Crippen MR) is 92.6 cm³/mol. The molecule has 0 aliphatic carbocycles. The molecule has 1 aliphatic rings. The minimum Gasteiger partial charge on any atom is -0.423 e. The maximum Gasteiger partial charge on any atom is 0.237 e. The summed E-state index contributed by atoms with van der Waals surface area (Å²) in [6.45, 7) is 11.5. The van der Waals surface area contributed by atoms with E-state index < -0.39 is 6.04 Å². The summed E-state index contributed by atoms with van der Waals surface area (Å²) in [4.78, 5) is 28.9. The lowest BCUT2D eigenvalue weighted by atomic mass is 10.1. The Morgan fingerprint density at radius 1 is 1.32 bits per heavy atom. The molecule has 0 unspecified atom stereocenters. The highest BCUT2D eigenvalue weighted by atomic mass is 16.4. The van der Waals surface area contributed by atoms with Crippen LogP contribution in [0.2, 0.25) is 0 Å². The zero-order valence-electron chi connectivity index (χ0n) is 15.8. The first-order chi connectivity index (χ1) is 11.8. The number of rotatable bonds is 7. The molecule has 1 N–H and O–H groups in total. The van der Waals surface area contributed by atoms with E-state index >= 15 is 0 Å². The van der Waals surface area contributed by atoms with Crippen molar-refractivity contribution in [2.75, 3.05) is 13.1 Å². The molecule has 1 fully saturated rings. The van der Waals surface area contributed by atoms with E-state index in [0.717, 1.165) is 6.54 Å². The summed E-state index contributed by atoms with van der Waals surface area (Å²) in [5.41, 5.74) is 0. The molecule has 2 amide bonds. The Hall–Kier alpha value is -1.96. The van der Waals surface area contributed by atoms with E-state index in [1.54, 1.807) is 4.90 Å². The second kappa shape index (κ2) is 8.42. The summed E-state index contributed by atoms with van der Waals surface area (Å²) >= 11 is 0. The molecule has 1 aliphatic heterocycles. The van der Waals surface area contributed by atoms with Crippen molar-refractivity contribution in [3.8, 4) is 0 Å². The van der Waals surface area contributed by atoms with Gasteiger partial charge in [0.05, 0.1) is 19.0 Å². The number of hydrogen-bond donors (Lipinski definition) is 1. The van der Waals surface area contributed by atoms with E-state index in [9.17, 15) is 9.59 Å². The summed E-state index contributed by atoms with van der Waals surface area (Å²) in [6.07, 6.45) is 0.811. The molecule has 8 nitrogen and oxygen atoms in total. The van der Waals surface area contributed by atoms with Crippen LogP contribution in [0.5, 0.6) is 0 Å². The molecule has 0 aromatic carbocycles. The van der Waals surface area contributed by atoms with Crippen LogP contribution in [0.4, 0.5) is 0 Å². The molecule has 1 saturated heterocycles. The van der Waals surface area contributed by atoms with Crippen molar-refractivity contribution in [2.24, 2.45) is 0 Å². The molecule has 0 saturated carbocycles. The zero-order chi connectivity index (χ0) is 18.6. The molecule has 8 heteroatoms. The SMILES string of the molecule is CCc1nnc(CN(C(=O)C[C@@H]2C(=O)NCCN2C(C)C)C(C)C)o1. The predicted octanol–water partition coefficient (Wildman–Crippen LogP) is 0.968. The maximum atomic E-state index is 12.9. The van der Waals surface area contributed by atoms with Crippen LogP contribution in [0, 0.1) is 0 Å². The fraction of sp³-hybridized carbons (Fsp3) is 0.765. The van der Waals surface area contributed by atoms with Gasteiger partial charge in [-0.15, -0.1) is 10.2 Å². The van der Waals surface area contributed by atoms with Crippen LogP contribution in [0.15, 0.2) is 4.42 Å². The number of carbonyl (C=O) groups excluding carboxylic acids is 2. The number of aryl methyl sites for hydroxylation is 1. The third kappa shape index (κ3) is 4.78. The molecule has 25 heavy (non-hydrogen) atoms. The van der Waals surface area contributed by atoms with Crippen molar-refractivity contribution in [1.82, 2.24) is 25.3 Å². The van der Waals surface area contributed by atoms with E-state index in [2.05, 4.69) is 20.4 Å². The van der Waals surface area contributed by atoms with Crippen molar-refractivity contribution >= 4 is 11.8 Å². The Balaban J connectivity index is 2.09. The highest BCUT2D eigenvalue weighted by Crippen LogP contribution is 2.17. The maximum absolute atomic E-state index is 12.9. The van der Waals surface area contributed by atoms with Crippen LogP contribution >= 0.6 is 0 Å². The Morgan fingerprint density at radius 2 is 2.00 bits per heavy atom. The lowest BCUT2D eigenvalue weighted by molar-refractivity contribution is -0.141. The molecule has 0 bridgehead atoms. The molecule has 0 spiro atoms. The lowest BCUT2D eigenvalue weighted by Gasteiger charge is -2.38. The fourth-order valence-corrected chi connectivity index (χ4v) is 3.04. The van der Waals surface area contributed by atoms with Gasteiger partial charge in [0.15, 0.2) is 0 Å². The average molecular weight is 351 g/mol. The molecule has 2 heterocycles. The fourth-order valence-electron chi connectivity index (χ4n) is 3.04. The summed E-state index contributed by atoms with van der Waals surface area (Å²) in [6, 6.07) is -0.251. The van der Waals surface area contributed by atoms with Gasteiger partial charge in [-0.2, -0.15) is 0 Å². The molecule has 1 atom stereocenters. The summed E-state index contributed by atoms with van der Waals surface area (Å²) in [7, 11) is 0.